The van der Waals surface area contributed by atoms with Gasteiger partial charge in [0.25, 0.3) is 11.5 Å². The Kier molecular flexibility index (Phi) is 5.33. The van der Waals surface area contributed by atoms with Gasteiger partial charge in [0.2, 0.25) is 0 Å². The van der Waals surface area contributed by atoms with Crippen LogP contribution in [0.4, 0.5) is 0 Å². The minimum atomic E-state index is -0.867. The standard InChI is InChI=1S/C21H23N3O5/c1-21(2,3)29-15(25)11-22-19(27)16-17(26)14-10-9-13(8-7-12-5-6-12)23-18(14)24(4)20(16)28/h9-10,12,26H,5-6,11H2,1-4H3,(H,22,27). The van der Waals surface area contributed by atoms with Crippen molar-refractivity contribution in [2.24, 2.45) is 13.0 Å². The molecule has 1 aliphatic rings. The molecular formula is C21H23N3O5. The molecule has 1 fully saturated rings. The van der Waals surface area contributed by atoms with E-state index in [0.29, 0.717) is 11.6 Å². The number of amides is 1. The van der Waals surface area contributed by atoms with Gasteiger partial charge in [0, 0.05) is 13.0 Å². The molecule has 0 saturated heterocycles. The first kappa shape index (κ1) is 20.4. The molecule has 2 N–H and O–H groups in total. The first-order valence-electron chi connectivity index (χ1n) is 9.31. The third kappa shape index (κ3) is 4.74. The quantitative estimate of drug-likeness (QED) is 0.599. The van der Waals surface area contributed by atoms with Gasteiger partial charge in [0.15, 0.2) is 0 Å². The van der Waals surface area contributed by atoms with Gasteiger partial charge in [-0.1, -0.05) is 5.92 Å². The van der Waals surface area contributed by atoms with Gasteiger partial charge in [0.1, 0.15) is 34.8 Å². The number of ether oxygens (including phenoxy) is 1. The summed E-state index contributed by atoms with van der Waals surface area (Å²) < 4.78 is 6.29. The zero-order valence-electron chi connectivity index (χ0n) is 16.8. The summed E-state index contributed by atoms with van der Waals surface area (Å²) in [6.45, 7) is 4.68. The zero-order valence-corrected chi connectivity index (χ0v) is 16.8. The summed E-state index contributed by atoms with van der Waals surface area (Å²) in [4.78, 5) is 41.2. The van der Waals surface area contributed by atoms with Crippen LogP contribution in [0.5, 0.6) is 5.75 Å². The van der Waals surface area contributed by atoms with E-state index in [-0.39, 0.29) is 11.0 Å². The predicted octanol–water partition coefficient (Wildman–Crippen LogP) is 1.47. The van der Waals surface area contributed by atoms with Crippen LogP contribution in [0.2, 0.25) is 0 Å². The lowest BCUT2D eigenvalue weighted by Crippen LogP contribution is -2.37. The van der Waals surface area contributed by atoms with Crippen molar-refractivity contribution in [3.63, 3.8) is 0 Å². The van der Waals surface area contributed by atoms with Gasteiger partial charge in [-0.2, -0.15) is 0 Å². The van der Waals surface area contributed by atoms with Crippen LogP contribution in [0.1, 0.15) is 49.7 Å². The van der Waals surface area contributed by atoms with Crippen molar-refractivity contribution in [3.8, 4) is 17.6 Å². The second-order valence-electron chi connectivity index (χ2n) is 7.97. The normalized spacial score (nSPS) is 13.5. The molecule has 0 bridgehead atoms. The summed E-state index contributed by atoms with van der Waals surface area (Å²) in [6, 6.07) is 3.20. The number of aryl methyl sites for hydroxylation is 1. The molecule has 1 aliphatic carbocycles. The fraction of sp³-hybridized carbons (Fsp3) is 0.429. The van der Waals surface area contributed by atoms with E-state index < -0.39 is 40.9 Å². The van der Waals surface area contributed by atoms with Crippen molar-refractivity contribution >= 4 is 22.9 Å². The average Bonchev–Trinajstić information content (AvgIpc) is 3.46. The van der Waals surface area contributed by atoms with Crippen LogP contribution in [-0.2, 0) is 16.6 Å². The van der Waals surface area contributed by atoms with E-state index in [1.807, 2.05) is 0 Å². The maximum atomic E-state index is 12.7. The highest BCUT2D eigenvalue weighted by Crippen LogP contribution is 2.28. The number of esters is 1. The fourth-order valence-corrected chi connectivity index (χ4v) is 2.69. The third-order valence-electron chi connectivity index (χ3n) is 4.23. The number of aromatic hydroxyl groups is 1. The highest BCUT2D eigenvalue weighted by Gasteiger charge is 2.24. The Morgan fingerprint density at radius 3 is 2.66 bits per heavy atom. The van der Waals surface area contributed by atoms with E-state index in [9.17, 15) is 19.5 Å². The Balaban J connectivity index is 1.89. The Morgan fingerprint density at radius 2 is 2.03 bits per heavy atom. The van der Waals surface area contributed by atoms with Gasteiger partial charge in [0.05, 0.1) is 5.39 Å². The summed E-state index contributed by atoms with van der Waals surface area (Å²) in [6.07, 6.45) is 2.17. The third-order valence-corrected chi connectivity index (χ3v) is 4.23. The number of carbonyl (C=O) groups is 2. The topological polar surface area (TPSA) is 111 Å². The van der Waals surface area contributed by atoms with E-state index in [1.165, 1.54) is 11.6 Å². The molecule has 152 valence electrons. The number of hydrogen-bond donors (Lipinski definition) is 2. The number of fused-ring (bicyclic) bond motifs is 1. The van der Waals surface area contributed by atoms with Gasteiger partial charge in [-0.15, -0.1) is 0 Å². The van der Waals surface area contributed by atoms with Crippen molar-refractivity contribution < 1.29 is 19.4 Å². The molecule has 2 aromatic rings. The molecule has 0 aromatic carbocycles. The molecule has 2 aromatic heterocycles. The molecule has 2 heterocycles. The first-order chi connectivity index (χ1) is 13.6. The number of carbonyl (C=O) groups excluding carboxylic acids is 2. The van der Waals surface area contributed by atoms with Crippen LogP contribution in [0, 0.1) is 17.8 Å². The Hall–Kier alpha value is -3.34. The predicted molar refractivity (Wildman–Crippen MR) is 106 cm³/mol. The molecule has 0 radical (unpaired) electrons. The summed E-state index contributed by atoms with van der Waals surface area (Å²) in [5.41, 5.74) is -1.17. The Morgan fingerprint density at radius 1 is 1.34 bits per heavy atom. The molecule has 1 saturated carbocycles. The minimum absolute atomic E-state index is 0.221. The fourth-order valence-electron chi connectivity index (χ4n) is 2.69. The lowest BCUT2D eigenvalue weighted by Gasteiger charge is -2.19. The molecule has 8 nitrogen and oxygen atoms in total. The average molecular weight is 397 g/mol. The molecule has 0 spiro atoms. The molecule has 8 heteroatoms. The van der Waals surface area contributed by atoms with E-state index in [0.717, 1.165) is 12.8 Å². The van der Waals surface area contributed by atoms with Crippen molar-refractivity contribution in [2.45, 2.75) is 39.2 Å². The van der Waals surface area contributed by atoms with Crippen molar-refractivity contribution in [1.82, 2.24) is 14.9 Å². The van der Waals surface area contributed by atoms with E-state index in [1.54, 1.807) is 32.9 Å². The number of hydrogen-bond acceptors (Lipinski definition) is 6. The van der Waals surface area contributed by atoms with Crippen LogP contribution < -0.4 is 10.9 Å². The molecule has 29 heavy (non-hydrogen) atoms. The van der Waals surface area contributed by atoms with Crippen LogP contribution in [-0.4, -0.2) is 38.7 Å². The van der Waals surface area contributed by atoms with Crippen molar-refractivity contribution in [3.05, 3.63) is 33.7 Å². The van der Waals surface area contributed by atoms with Crippen LogP contribution in [0.3, 0.4) is 0 Å². The number of pyridine rings is 2. The highest BCUT2D eigenvalue weighted by atomic mass is 16.6. The smallest absolute Gasteiger partial charge is 0.325 e. The van der Waals surface area contributed by atoms with Crippen LogP contribution >= 0.6 is 0 Å². The second kappa shape index (κ2) is 7.59. The van der Waals surface area contributed by atoms with E-state index in [2.05, 4.69) is 22.1 Å². The molecule has 0 unspecified atom stereocenters. The lowest BCUT2D eigenvalue weighted by molar-refractivity contribution is -0.153. The molecular weight excluding hydrogens is 374 g/mol. The zero-order chi connectivity index (χ0) is 21.3. The van der Waals surface area contributed by atoms with Crippen molar-refractivity contribution in [1.29, 1.82) is 0 Å². The summed E-state index contributed by atoms with van der Waals surface area (Å²) in [7, 11) is 1.46. The molecule has 3 rings (SSSR count). The molecule has 0 atom stereocenters. The largest absolute Gasteiger partial charge is 0.506 e. The SMILES string of the molecule is Cn1c(=O)c(C(=O)NCC(=O)OC(C)(C)C)c(O)c2ccc(C#CC3CC3)nc21. The number of nitrogens with zero attached hydrogens (tertiary/aromatic N) is 2. The highest BCUT2D eigenvalue weighted by molar-refractivity contribution is 6.02. The van der Waals surface area contributed by atoms with Crippen molar-refractivity contribution in [2.75, 3.05) is 6.54 Å². The lowest BCUT2D eigenvalue weighted by atomic mass is 10.1. The van der Waals surface area contributed by atoms with Crippen LogP contribution in [0.25, 0.3) is 11.0 Å². The number of aromatic nitrogens is 2. The van der Waals surface area contributed by atoms with E-state index >= 15 is 0 Å². The summed E-state index contributed by atoms with van der Waals surface area (Å²) in [5, 5.41) is 13.1. The number of rotatable bonds is 3. The second-order valence-corrected chi connectivity index (χ2v) is 7.97. The minimum Gasteiger partial charge on any atom is -0.506 e. The van der Waals surface area contributed by atoms with Crippen LogP contribution in [0.15, 0.2) is 16.9 Å². The summed E-state index contributed by atoms with van der Waals surface area (Å²) in [5.74, 6) is 4.45. The Bertz CT molecular complexity index is 1110. The Labute approximate surface area is 167 Å². The van der Waals surface area contributed by atoms with E-state index in [4.69, 9.17) is 4.74 Å². The molecule has 0 aliphatic heterocycles. The first-order valence-corrected chi connectivity index (χ1v) is 9.31. The van der Waals surface area contributed by atoms with Gasteiger partial charge in [-0.25, -0.2) is 4.98 Å². The van der Waals surface area contributed by atoms with Gasteiger partial charge in [-0.3, -0.25) is 19.0 Å². The number of nitrogens with one attached hydrogen (secondary N) is 1. The molecule has 1 amide bonds. The van der Waals surface area contributed by atoms with Gasteiger partial charge in [-0.05, 0) is 51.7 Å². The van der Waals surface area contributed by atoms with Gasteiger partial charge >= 0.3 is 5.97 Å². The monoisotopic (exact) mass is 397 g/mol. The maximum Gasteiger partial charge on any atom is 0.325 e. The summed E-state index contributed by atoms with van der Waals surface area (Å²) >= 11 is 0. The maximum absolute atomic E-state index is 12.7. The van der Waals surface area contributed by atoms with Gasteiger partial charge < -0.3 is 15.2 Å².